The highest BCUT2D eigenvalue weighted by Crippen LogP contribution is 2.15. The number of hydrogen-bond acceptors (Lipinski definition) is 4. The molecule has 1 fully saturated rings. The Labute approximate surface area is 134 Å². The van der Waals surface area contributed by atoms with Crippen molar-refractivity contribution in [1.29, 1.82) is 0 Å². The van der Waals surface area contributed by atoms with Gasteiger partial charge >= 0.3 is 6.18 Å². The first-order valence-corrected chi connectivity index (χ1v) is 6.22. The lowest BCUT2D eigenvalue weighted by Crippen LogP contribution is -2.41. The SMILES string of the molecule is CN(CCCNC(=O)C1CC(O)CN1)CC(F)(F)F.Cl.Cl. The molecule has 1 amide bonds. The minimum atomic E-state index is -4.19. The second-order valence-corrected chi connectivity index (χ2v) is 4.85. The van der Waals surface area contributed by atoms with Crippen LogP contribution in [0.2, 0.25) is 0 Å². The fourth-order valence-corrected chi connectivity index (χ4v) is 1.99. The molecule has 5 nitrogen and oxygen atoms in total. The van der Waals surface area contributed by atoms with Crippen LogP contribution in [-0.4, -0.2) is 67.5 Å². The van der Waals surface area contributed by atoms with Crippen LogP contribution in [-0.2, 0) is 4.79 Å². The zero-order chi connectivity index (χ0) is 14.5. The zero-order valence-electron chi connectivity index (χ0n) is 11.7. The number of amides is 1. The molecular formula is C11H22Cl2F3N3O2. The van der Waals surface area contributed by atoms with Crippen molar-refractivity contribution in [3.8, 4) is 0 Å². The summed E-state index contributed by atoms with van der Waals surface area (Å²) in [4.78, 5) is 12.8. The van der Waals surface area contributed by atoms with E-state index in [4.69, 9.17) is 0 Å². The lowest BCUT2D eigenvalue weighted by molar-refractivity contribution is -0.143. The predicted octanol–water partition coefficient (Wildman–Crippen LogP) is 0.553. The van der Waals surface area contributed by atoms with Crippen molar-refractivity contribution in [1.82, 2.24) is 15.5 Å². The average Bonchev–Trinajstić information content (AvgIpc) is 2.68. The van der Waals surface area contributed by atoms with Crippen LogP contribution in [0.5, 0.6) is 0 Å². The van der Waals surface area contributed by atoms with Crippen LogP contribution in [0.15, 0.2) is 0 Å². The van der Waals surface area contributed by atoms with E-state index in [1.807, 2.05) is 0 Å². The molecule has 1 aliphatic rings. The van der Waals surface area contributed by atoms with Gasteiger partial charge in [-0.25, -0.2) is 0 Å². The van der Waals surface area contributed by atoms with Crippen molar-refractivity contribution in [3.63, 3.8) is 0 Å². The van der Waals surface area contributed by atoms with Gasteiger partial charge < -0.3 is 15.7 Å². The molecule has 0 aliphatic carbocycles. The zero-order valence-corrected chi connectivity index (χ0v) is 13.3. The molecule has 3 N–H and O–H groups in total. The summed E-state index contributed by atoms with van der Waals surface area (Å²) in [6, 6.07) is -0.400. The van der Waals surface area contributed by atoms with Gasteiger partial charge in [0.25, 0.3) is 0 Å². The van der Waals surface area contributed by atoms with E-state index < -0.39 is 24.9 Å². The summed E-state index contributed by atoms with van der Waals surface area (Å²) in [7, 11) is 1.39. The molecule has 0 bridgehead atoms. The average molecular weight is 356 g/mol. The summed E-state index contributed by atoms with van der Waals surface area (Å²) in [5, 5.41) is 14.8. The molecule has 0 aromatic rings. The van der Waals surface area contributed by atoms with Crippen molar-refractivity contribution in [2.75, 3.05) is 33.2 Å². The van der Waals surface area contributed by atoms with Crippen LogP contribution in [0.1, 0.15) is 12.8 Å². The first-order valence-electron chi connectivity index (χ1n) is 6.22. The van der Waals surface area contributed by atoms with E-state index in [9.17, 15) is 23.1 Å². The van der Waals surface area contributed by atoms with Gasteiger partial charge in [0.15, 0.2) is 0 Å². The maximum atomic E-state index is 12.0. The predicted molar refractivity (Wildman–Crippen MR) is 78.1 cm³/mol. The maximum absolute atomic E-state index is 12.0. The van der Waals surface area contributed by atoms with Crippen LogP contribution < -0.4 is 10.6 Å². The number of alkyl halides is 3. The molecule has 1 heterocycles. The first kappa shape index (κ1) is 23.0. The van der Waals surface area contributed by atoms with Gasteiger partial charge in [-0.1, -0.05) is 0 Å². The molecule has 0 aromatic carbocycles. The van der Waals surface area contributed by atoms with E-state index >= 15 is 0 Å². The smallest absolute Gasteiger partial charge is 0.392 e. The number of carbonyl (C=O) groups excluding carboxylic acids is 1. The molecule has 2 unspecified atom stereocenters. The minimum Gasteiger partial charge on any atom is -0.392 e. The van der Waals surface area contributed by atoms with Crippen molar-refractivity contribution in [2.24, 2.45) is 0 Å². The largest absolute Gasteiger partial charge is 0.401 e. The van der Waals surface area contributed by atoms with E-state index in [-0.39, 0.29) is 37.3 Å². The number of rotatable bonds is 6. The molecule has 1 aliphatic heterocycles. The fourth-order valence-electron chi connectivity index (χ4n) is 1.99. The Bertz CT molecular complexity index is 309. The molecule has 2 atom stereocenters. The Balaban J connectivity index is 0. The summed E-state index contributed by atoms with van der Waals surface area (Å²) >= 11 is 0. The maximum Gasteiger partial charge on any atom is 0.401 e. The molecule has 128 valence electrons. The number of β-amino-alcohol motifs (C(OH)–C–C–N with tert-alkyl or cyclic N) is 1. The minimum absolute atomic E-state index is 0. The summed E-state index contributed by atoms with van der Waals surface area (Å²) in [6.07, 6.45) is -3.87. The van der Waals surface area contributed by atoms with E-state index in [0.29, 0.717) is 25.9 Å². The van der Waals surface area contributed by atoms with Gasteiger partial charge in [-0.3, -0.25) is 9.69 Å². The van der Waals surface area contributed by atoms with E-state index in [1.54, 1.807) is 0 Å². The van der Waals surface area contributed by atoms with Gasteiger partial charge in [-0.15, -0.1) is 24.8 Å². The van der Waals surface area contributed by atoms with Crippen molar-refractivity contribution in [3.05, 3.63) is 0 Å². The van der Waals surface area contributed by atoms with Crippen molar-refractivity contribution in [2.45, 2.75) is 31.2 Å². The second-order valence-electron chi connectivity index (χ2n) is 4.85. The molecular weight excluding hydrogens is 334 g/mol. The molecule has 10 heteroatoms. The number of carbonyl (C=O) groups is 1. The number of halogens is 5. The van der Waals surface area contributed by atoms with Crippen LogP contribution in [0, 0.1) is 0 Å². The highest BCUT2D eigenvalue weighted by molar-refractivity contribution is 5.85. The number of nitrogens with zero attached hydrogens (tertiary/aromatic N) is 1. The van der Waals surface area contributed by atoms with Crippen LogP contribution in [0.25, 0.3) is 0 Å². The Kier molecular flexibility index (Phi) is 11.4. The third kappa shape index (κ3) is 10.1. The highest BCUT2D eigenvalue weighted by Gasteiger charge is 2.29. The van der Waals surface area contributed by atoms with E-state index in [2.05, 4.69) is 10.6 Å². The first-order chi connectivity index (χ1) is 8.78. The standard InChI is InChI=1S/C11H20F3N3O2.2ClH/c1-17(7-11(12,13)14)4-2-3-15-10(19)9-5-8(18)6-16-9;;/h8-9,16,18H,2-7H2,1H3,(H,15,19);2*1H. The number of nitrogens with one attached hydrogen (secondary N) is 2. The second kappa shape index (κ2) is 10.4. The number of aliphatic hydroxyl groups excluding tert-OH is 1. The molecule has 1 saturated heterocycles. The Morgan fingerprint density at radius 1 is 1.43 bits per heavy atom. The summed E-state index contributed by atoms with van der Waals surface area (Å²) in [5.74, 6) is -0.213. The topological polar surface area (TPSA) is 64.6 Å². The van der Waals surface area contributed by atoms with Crippen molar-refractivity contribution >= 4 is 30.7 Å². The third-order valence-electron chi connectivity index (χ3n) is 2.89. The van der Waals surface area contributed by atoms with Crippen LogP contribution in [0.4, 0.5) is 13.2 Å². The summed E-state index contributed by atoms with van der Waals surface area (Å²) in [6.45, 7) is 0.0412. The molecule has 1 rings (SSSR count). The van der Waals surface area contributed by atoms with Crippen LogP contribution in [0.3, 0.4) is 0 Å². The van der Waals surface area contributed by atoms with Gasteiger partial charge in [-0.05, 0) is 26.4 Å². The van der Waals surface area contributed by atoms with E-state index in [0.717, 1.165) is 0 Å². The van der Waals surface area contributed by atoms with Gasteiger partial charge in [0.2, 0.25) is 5.91 Å². The Morgan fingerprint density at radius 2 is 2.05 bits per heavy atom. The van der Waals surface area contributed by atoms with Gasteiger partial charge in [0.1, 0.15) is 0 Å². The molecule has 0 spiro atoms. The van der Waals surface area contributed by atoms with Crippen LogP contribution >= 0.6 is 24.8 Å². The summed E-state index contributed by atoms with van der Waals surface area (Å²) < 4.78 is 36.1. The number of hydrogen-bond donors (Lipinski definition) is 3. The van der Waals surface area contributed by atoms with Gasteiger partial charge in [0, 0.05) is 13.1 Å². The van der Waals surface area contributed by atoms with Gasteiger partial charge in [0.05, 0.1) is 18.7 Å². The lowest BCUT2D eigenvalue weighted by atomic mass is 10.2. The Hall–Kier alpha value is -0.280. The molecule has 21 heavy (non-hydrogen) atoms. The fraction of sp³-hybridized carbons (Fsp3) is 0.909. The molecule has 0 saturated carbocycles. The van der Waals surface area contributed by atoms with Crippen molar-refractivity contribution < 1.29 is 23.1 Å². The summed E-state index contributed by atoms with van der Waals surface area (Å²) in [5.41, 5.74) is 0. The quantitative estimate of drug-likeness (QED) is 0.609. The molecule has 0 aromatic heterocycles. The Morgan fingerprint density at radius 3 is 2.52 bits per heavy atom. The normalized spacial score (nSPS) is 21.6. The third-order valence-corrected chi connectivity index (χ3v) is 2.89. The monoisotopic (exact) mass is 355 g/mol. The lowest BCUT2D eigenvalue weighted by Gasteiger charge is -2.18. The van der Waals surface area contributed by atoms with E-state index in [1.165, 1.54) is 11.9 Å². The molecule has 0 radical (unpaired) electrons. The van der Waals surface area contributed by atoms with Gasteiger partial charge in [-0.2, -0.15) is 13.2 Å². The number of aliphatic hydroxyl groups is 1. The highest BCUT2D eigenvalue weighted by atomic mass is 35.5.